The Bertz CT molecular complexity index is 621. The first-order valence-corrected chi connectivity index (χ1v) is 7.76. The van der Waals surface area contributed by atoms with Gasteiger partial charge in [0.05, 0.1) is 6.26 Å². The van der Waals surface area contributed by atoms with Gasteiger partial charge in [0, 0.05) is 12.1 Å². The topological polar surface area (TPSA) is 33.5 Å². The summed E-state index contributed by atoms with van der Waals surface area (Å²) in [6, 6.07) is 10.5. The lowest BCUT2D eigenvalue weighted by Gasteiger charge is -2.28. The lowest BCUT2D eigenvalue weighted by molar-refractivity contribution is 0.0640. The Kier molecular flexibility index (Phi) is 4.27. The Morgan fingerprint density at radius 3 is 2.73 bits per heavy atom. The first-order valence-electron chi connectivity index (χ1n) is 7.76. The molecule has 0 saturated carbocycles. The van der Waals surface area contributed by atoms with Crippen LogP contribution in [0.15, 0.2) is 47.1 Å². The molecule has 1 aliphatic rings. The van der Waals surface area contributed by atoms with Crippen molar-refractivity contribution in [2.45, 2.75) is 44.7 Å². The highest BCUT2D eigenvalue weighted by atomic mass is 19.1. The fourth-order valence-corrected chi connectivity index (χ4v) is 3.23. The van der Waals surface area contributed by atoms with E-state index < -0.39 is 0 Å². The van der Waals surface area contributed by atoms with Gasteiger partial charge in [0.15, 0.2) is 5.76 Å². The van der Waals surface area contributed by atoms with E-state index >= 15 is 0 Å². The average Bonchev–Trinajstić information content (AvgIpc) is 3.16. The number of amides is 1. The highest BCUT2D eigenvalue weighted by molar-refractivity contribution is 5.92. The van der Waals surface area contributed by atoms with Crippen LogP contribution in [0.4, 0.5) is 4.39 Å². The number of nitrogens with zero attached hydrogens (tertiary/aromatic N) is 1. The van der Waals surface area contributed by atoms with Gasteiger partial charge in [-0.3, -0.25) is 4.79 Å². The molecule has 2 aromatic rings. The molecule has 1 aliphatic heterocycles. The van der Waals surface area contributed by atoms with Gasteiger partial charge in [0.2, 0.25) is 0 Å². The van der Waals surface area contributed by atoms with Gasteiger partial charge >= 0.3 is 0 Å². The number of carbonyl (C=O) groups is 1. The van der Waals surface area contributed by atoms with E-state index in [1.807, 2.05) is 17.0 Å². The normalized spacial score (nSPS) is 21.3. The zero-order chi connectivity index (χ0) is 15.5. The van der Waals surface area contributed by atoms with Crippen molar-refractivity contribution in [3.8, 4) is 0 Å². The summed E-state index contributed by atoms with van der Waals surface area (Å²) in [5.41, 5.74) is 1.10. The Morgan fingerprint density at radius 1 is 1.27 bits per heavy atom. The minimum atomic E-state index is -0.215. The third kappa shape index (κ3) is 3.06. The number of benzene rings is 1. The molecule has 1 fully saturated rings. The van der Waals surface area contributed by atoms with Gasteiger partial charge in [-0.2, -0.15) is 0 Å². The molecule has 1 amide bonds. The minimum absolute atomic E-state index is 0.0286. The quantitative estimate of drug-likeness (QED) is 0.853. The number of rotatable bonds is 4. The molecule has 0 bridgehead atoms. The number of carbonyl (C=O) groups excluding carboxylic acids is 1. The lowest BCUT2D eigenvalue weighted by Crippen LogP contribution is -2.40. The van der Waals surface area contributed by atoms with Crippen molar-refractivity contribution in [1.82, 2.24) is 4.90 Å². The fourth-order valence-electron chi connectivity index (χ4n) is 3.23. The van der Waals surface area contributed by atoms with E-state index in [0.717, 1.165) is 31.2 Å². The smallest absolute Gasteiger partial charge is 0.290 e. The largest absolute Gasteiger partial charge is 0.459 e. The van der Waals surface area contributed by atoms with Gasteiger partial charge < -0.3 is 9.32 Å². The average molecular weight is 301 g/mol. The van der Waals surface area contributed by atoms with Gasteiger partial charge in [-0.05, 0) is 62.4 Å². The molecule has 2 heterocycles. The van der Waals surface area contributed by atoms with Crippen LogP contribution in [0.25, 0.3) is 0 Å². The second kappa shape index (κ2) is 6.34. The molecule has 22 heavy (non-hydrogen) atoms. The second-order valence-electron chi connectivity index (χ2n) is 5.94. The van der Waals surface area contributed by atoms with Crippen LogP contribution in [0, 0.1) is 5.82 Å². The summed E-state index contributed by atoms with van der Waals surface area (Å²) in [5, 5.41) is 0. The van der Waals surface area contributed by atoms with Crippen molar-refractivity contribution >= 4 is 5.91 Å². The van der Waals surface area contributed by atoms with Crippen LogP contribution < -0.4 is 0 Å². The maximum absolute atomic E-state index is 12.9. The molecule has 3 nitrogen and oxygen atoms in total. The highest BCUT2D eigenvalue weighted by Gasteiger charge is 2.35. The third-order valence-electron chi connectivity index (χ3n) is 4.43. The van der Waals surface area contributed by atoms with E-state index in [4.69, 9.17) is 4.42 Å². The Hall–Kier alpha value is -2.10. The van der Waals surface area contributed by atoms with Crippen LogP contribution in [0.1, 0.15) is 42.3 Å². The van der Waals surface area contributed by atoms with Crippen LogP contribution >= 0.6 is 0 Å². The Morgan fingerprint density at radius 2 is 2.05 bits per heavy atom. The van der Waals surface area contributed by atoms with Crippen molar-refractivity contribution in [1.29, 1.82) is 0 Å². The molecular weight excluding hydrogens is 281 g/mol. The molecule has 4 heteroatoms. The molecule has 0 radical (unpaired) electrons. The zero-order valence-electron chi connectivity index (χ0n) is 12.7. The van der Waals surface area contributed by atoms with Crippen molar-refractivity contribution in [2.75, 3.05) is 0 Å². The number of hydrogen-bond donors (Lipinski definition) is 0. The minimum Gasteiger partial charge on any atom is -0.459 e. The molecule has 3 rings (SSSR count). The third-order valence-corrected chi connectivity index (χ3v) is 4.43. The molecule has 0 spiro atoms. The summed E-state index contributed by atoms with van der Waals surface area (Å²) in [4.78, 5) is 14.5. The van der Waals surface area contributed by atoms with E-state index in [-0.39, 0.29) is 23.8 Å². The van der Waals surface area contributed by atoms with Crippen molar-refractivity contribution in [2.24, 2.45) is 0 Å². The lowest BCUT2D eigenvalue weighted by atomic mass is 10.0. The van der Waals surface area contributed by atoms with Crippen molar-refractivity contribution < 1.29 is 13.6 Å². The highest BCUT2D eigenvalue weighted by Crippen LogP contribution is 2.29. The number of halogens is 1. The van der Waals surface area contributed by atoms with Gasteiger partial charge in [-0.15, -0.1) is 0 Å². The van der Waals surface area contributed by atoms with Crippen LogP contribution in [0.5, 0.6) is 0 Å². The molecule has 1 aromatic carbocycles. The van der Waals surface area contributed by atoms with E-state index in [1.54, 1.807) is 12.1 Å². The number of aryl methyl sites for hydroxylation is 1. The number of furan rings is 1. The standard InChI is InChI=1S/C18H20FNO2/c1-13-4-10-16(11-7-14-5-8-15(19)9-6-14)20(13)18(21)17-3-2-12-22-17/h2-3,5-6,8-9,12-13,16H,4,7,10-11H2,1H3/t13-,16-/m1/s1. The van der Waals surface area contributed by atoms with Gasteiger partial charge in [0.1, 0.15) is 5.82 Å². The number of hydrogen-bond acceptors (Lipinski definition) is 2. The van der Waals surface area contributed by atoms with Crippen LogP contribution in [-0.2, 0) is 6.42 Å². The first-order chi connectivity index (χ1) is 10.6. The molecule has 0 unspecified atom stereocenters. The van der Waals surface area contributed by atoms with E-state index in [2.05, 4.69) is 6.92 Å². The summed E-state index contributed by atoms with van der Waals surface area (Å²) >= 11 is 0. The Balaban J connectivity index is 1.67. The molecular formula is C18H20FNO2. The molecule has 0 aliphatic carbocycles. The molecule has 116 valence electrons. The first kappa shape index (κ1) is 14.8. The molecule has 1 aromatic heterocycles. The van der Waals surface area contributed by atoms with E-state index in [1.165, 1.54) is 18.4 Å². The summed E-state index contributed by atoms with van der Waals surface area (Å²) in [5.74, 6) is 0.160. The van der Waals surface area contributed by atoms with Crippen LogP contribution in [0.3, 0.4) is 0 Å². The van der Waals surface area contributed by atoms with Crippen molar-refractivity contribution in [3.05, 3.63) is 59.8 Å². The molecule has 1 saturated heterocycles. The molecule has 2 atom stereocenters. The SMILES string of the molecule is C[C@@H]1CC[C@H](CCc2ccc(F)cc2)N1C(=O)c1ccco1. The monoisotopic (exact) mass is 301 g/mol. The fraction of sp³-hybridized carbons (Fsp3) is 0.389. The molecule has 0 N–H and O–H groups in total. The summed E-state index contributed by atoms with van der Waals surface area (Å²) in [6.07, 6.45) is 5.29. The maximum atomic E-state index is 12.9. The summed E-state index contributed by atoms with van der Waals surface area (Å²) in [6.45, 7) is 2.08. The van der Waals surface area contributed by atoms with Gasteiger partial charge in [0.25, 0.3) is 5.91 Å². The predicted molar refractivity (Wildman–Crippen MR) is 82.1 cm³/mol. The number of likely N-dealkylation sites (tertiary alicyclic amines) is 1. The van der Waals surface area contributed by atoms with E-state index in [9.17, 15) is 9.18 Å². The van der Waals surface area contributed by atoms with Crippen LogP contribution in [0.2, 0.25) is 0 Å². The van der Waals surface area contributed by atoms with Gasteiger partial charge in [-0.25, -0.2) is 4.39 Å². The Labute approximate surface area is 129 Å². The zero-order valence-corrected chi connectivity index (χ0v) is 12.7. The van der Waals surface area contributed by atoms with Crippen LogP contribution in [-0.4, -0.2) is 22.9 Å². The van der Waals surface area contributed by atoms with E-state index in [0.29, 0.717) is 5.76 Å². The van der Waals surface area contributed by atoms with Gasteiger partial charge in [-0.1, -0.05) is 12.1 Å². The van der Waals surface area contributed by atoms with Crippen molar-refractivity contribution in [3.63, 3.8) is 0 Å². The predicted octanol–water partition coefficient (Wildman–Crippen LogP) is 4.04. The second-order valence-corrected chi connectivity index (χ2v) is 5.94. The maximum Gasteiger partial charge on any atom is 0.290 e. The summed E-state index contributed by atoms with van der Waals surface area (Å²) < 4.78 is 18.2. The summed E-state index contributed by atoms with van der Waals surface area (Å²) in [7, 11) is 0.